The summed E-state index contributed by atoms with van der Waals surface area (Å²) in [5.41, 5.74) is 0. The molecule has 0 radical (unpaired) electrons. The Labute approximate surface area is 84.0 Å². The van der Waals surface area contributed by atoms with E-state index in [4.69, 9.17) is 4.43 Å². The number of hydrogen-bond donors (Lipinski definition) is 1. The molecule has 0 amide bonds. The lowest BCUT2D eigenvalue weighted by Gasteiger charge is -2.20. The lowest BCUT2D eigenvalue weighted by Crippen LogP contribution is -2.45. The van der Waals surface area contributed by atoms with Crippen molar-refractivity contribution >= 4 is 15.1 Å². The molecule has 1 unspecified atom stereocenters. The molecule has 0 saturated carbocycles. The van der Waals surface area contributed by atoms with Crippen LogP contribution in [0.25, 0.3) is 0 Å². The minimum absolute atomic E-state index is 0.0795. The van der Waals surface area contributed by atoms with Gasteiger partial charge in [-0.3, -0.25) is 0 Å². The molecule has 0 rings (SSSR count). The van der Waals surface area contributed by atoms with Gasteiger partial charge in [0.25, 0.3) is 0 Å². The first-order chi connectivity index (χ1) is 6.61. The van der Waals surface area contributed by atoms with E-state index >= 15 is 0 Å². The average Bonchev–Trinajstić information content (AvgIpc) is 2.23. The molecule has 82 valence electrons. The minimum Gasteiger partial charge on any atom is -0.367 e. The summed E-state index contributed by atoms with van der Waals surface area (Å²) in [6, 6.07) is -0.322. The van der Waals surface area contributed by atoms with Crippen LogP contribution in [-0.4, -0.2) is 46.8 Å². The molecule has 1 atom stereocenters. The van der Waals surface area contributed by atoms with Crippen LogP contribution in [0.5, 0.6) is 0 Å². The minimum atomic E-state index is -3.50. The van der Waals surface area contributed by atoms with Crippen LogP contribution in [0.2, 0.25) is 0 Å². The van der Waals surface area contributed by atoms with Gasteiger partial charge in [-0.1, -0.05) is 6.92 Å². The maximum atomic E-state index is 9.98. The Morgan fingerprint density at radius 1 is 1.50 bits per heavy atom. The van der Waals surface area contributed by atoms with Crippen LogP contribution >= 0.6 is 0 Å². The van der Waals surface area contributed by atoms with Crippen LogP contribution in [0.4, 0.5) is 0 Å². The Morgan fingerprint density at radius 3 is 2.43 bits per heavy atom. The zero-order chi connectivity index (χ0) is 11.0. The quantitative estimate of drug-likeness (QED) is 0.367. The van der Waals surface area contributed by atoms with Crippen molar-refractivity contribution in [3.63, 3.8) is 0 Å². The molecule has 14 heavy (non-hydrogen) atoms. The zero-order valence-corrected chi connectivity index (χ0v) is 9.52. The van der Waals surface area contributed by atoms with Gasteiger partial charge in [-0.25, -0.2) is 9.79 Å². The summed E-state index contributed by atoms with van der Waals surface area (Å²) in [4.78, 5) is 22.9. The van der Waals surface area contributed by atoms with E-state index < -0.39 is 9.05 Å². The number of rotatable bonds is 7. The second-order valence-corrected chi connectivity index (χ2v) is 4.68. The van der Waals surface area contributed by atoms with Gasteiger partial charge in [0.2, 0.25) is 6.08 Å². The summed E-state index contributed by atoms with van der Waals surface area (Å²) in [7, 11) is -0.913. The Hall–Kier alpha value is -0.563. The smallest absolute Gasteiger partial charge is 0.367 e. The van der Waals surface area contributed by atoms with E-state index in [0.29, 0.717) is 6.42 Å². The van der Waals surface area contributed by atoms with Crippen molar-refractivity contribution in [2.24, 2.45) is 4.99 Å². The molecule has 0 fully saturated rings. The Balaban J connectivity index is 4.06. The first kappa shape index (κ1) is 13.4. The standard InChI is InChI=1S/C7H15NO5Si/c1-4-7(8-6-9)5-13-14(10,11-2)12-3/h7,10H,4-5H2,1-3H3. The van der Waals surface area contributed by atoms with E-state index in [1.54, 1.807) is 0 Å². The van der Waals surface area contributed by atoms with Crippen molar-refractivity contribution in [2.45, 2.75) is 19.4 Å². The molecule has 0 aromatic carbocycles. The van der Waals surface area contributed by atoms with Gasteiger partial charge < -0.3 is 18.1 Å². The predicted molar refractivity (Wildman–Crippen MR) is 50.1 cm³/mol. The van der Waals surface area contributed by atoms with Crippen molar-refractivity contribution in [2.75, 3.05) is 20.8 Å². The summed E-state index contributed by atoms with van der Waals surface area (Å²) in [5, 5.41) is 0. The van der Waals surface area contributed by atoms with E-state index in [2.05, 4.69) is 13.8 Å². The number of aliphatic imine (C=N–C) groups is 1. The highest BCUT2D eigenvalue weighted by Crippen LogP contribution is 2.05. The van der Waals surface area contributed by atoms with Gasteiger partial charge in [0.1, 0.15) is 0 Å². The Kier molecular flexibility index (Phi) is 6.55. The van der Waals surface area contributed by atoms with Crippen molar-refractivity contribution in [1.82, 2.24) is 0 Å². The number of nitrogens with zero attached hydrogens (tertiary/aromatic N) is 1. The molecule has 6 nitrogen and oxygen atoms in total. The van der Waals surface area contributed by atoms with Gasteiger partial charge in [0, 0.05) is 14.2 Å². The van der Waals surface area contributed by atoms with Crippen molar-refractivity contribution < 1.29 is 22.9 Å². The number of carbonyl (C=O) groups excluding carboxylic acids is 1. The average molecular weight is 221 g/mol. The van der Waals surface area contributed by atoms with Crippen LogP contribution in [0.15, 0.2) is 4.99 Å². The molecule has 0 aromatic rings. The molecule has 0 heterocycles. The van der Waals surface area contributed by atoms with Gasteiger partial charge in [0.05, 0.1) is 12.6 Å². The maximum Gasteiger partial charge on any atom is 0.676 e. The lowest BCUT2D eigenvalue weighted by molar-refractivity contribution is 0.0194. The van der Waals surface area contributed by atoms with Gasteiger partial charge in [-0.05, 0) is 6.42 Å². The van der Waals surface area contributed by atoms with E-state index in [1.165, 1.54) is 20.3 Å². The second kappa shape index (κ2) is 6.83. The Bertz CT molecular complexity index is 202. The predicted octanol–water partition coefficient (Wildman–Crippen LogP) is -0.162. The van der Waals surface area contributed by atoms with Crippen LogP contribution in [0.1, 0.15) is 13.3 Å². The zero-order valence-electron chi connectivity index (χ0n) is 8.52. The fraction of sp³-hybridized carbons (Fsp3) is 0.857. The van der Waals surface area contributed by atoms with E-state index in [-0.39, 0.29) is 12.6 Å². The number of isocyanates is 1. The third kappa shape index (κ3) is 4.61. The molecule has 1 N–H and O–H groups in total. The number of hydrogen-bond acceptors (Lipinski definition) is 6. The topological polar surface area (TPSA) is 77.3 Å². The molecule has 0 saturated heterocycles. The molecule has 0 aromatic heterocycles. The fourth-order valence-corrected chi connectivity index (χ4v) is 1.53. The van der Waals surface area contributed by atoms with Gasteiger partial charge in [0.15, 0.2) is 0 Å². The van der Waals surface area contributed by atoms with Crippen LogP contribution in [-0.2, 0) is 18.1 Å². The van der Waals surface area contributed by atoms with Crippen molar-refractivity contribution in [1.29, 1.82) is 0 Å². The Morgan fingerprint density at radius 2 is 2.07 bits per heavy atom. The molecule has 0 aliphatic carbocycles. The molecule has 0 aliphatic rings. The first-order valence-corrected chi connectivity index (χ1v) is 5.82. The monoisotopic (exact) mass is 221 g/mol. The molecular weight excluding hydrogens is 206 g/mol. The summed E-state index contributed by atoms with van der Waals surface area (Å²) in [6.07, 6.45) is 2.06. The van der Waals surface area contributed by atoms with Crippen LogP contribution < -0.4 is 0 Å². The fourth-order valence-electron chi connectivity index (χ4n) is 0.724. The third-order valence-corrected chi connectivity index (χ3v) is 3.24. The SMILES string of the molecule is CCC(CO[Si](O)(OC)OC)N=C=O. The first-order valence-electron chi connectivity index (χ1n) is 4.15. The second-order valence-electron chi connectivity index (χ2n) is 2.53. The van der Waals surface area contributed by atoms with Crippen molar-refractivity contribution in [3.05, 3.63) is 0 Å². The van der Waals surface area contributed by atoms with Crippen molar-refractivity contribution in [3.8, 4) is 0 Å². The molecule has 7 heteroatoms. The van der Waals surface area contributed by atoms with Crippen LogP contribution in [0, 0.1) is 0 Å². The molecular formula is C7H15NO5Si. The summed E-state index contributed by atoms with van der Waals surface area (Å²) in [6.45, 7) is 1.92. The van der Waals surface area contributed by atoms with Gasteiger partial charge >= 0.3 is 9.05 Å². The summed E-state index contributed by atoms with van der Waals surface area (Å²) < 4.78 is 14.4. The highest BCUT2D eigenvalue weighted by molar-refractivity contribution is 6.51. The molecule has 0 spiro atoms. The molecule has 0 aliphatic heterocycles. The molecule has 0 bridgehead atoms. The van der Waals surface area contributed by atoms with Gasteiger partial charge in [-0.15, -0.1) is 0 Å². The van der Waals surface area contributed by atoms with E-state index in [9.17, 15) is 9.59 Å². The normalized spacial score (nSPS) is 13.4. The highest BCUT2D eigenvalue weighted by Gasteiger charge is 2.39. The largest absolute Gasteiger partial charge is 0.676 e. The maximum absolute atomic E-state index is 9.98. The lowest BCUT2D eigenvalue weighted by atomic mass is 10.3. The third-order valence-electron chi connectivity index (χ3n) is 1.68. The summed E-state index contributed by atoms with van der Waals surface area (Å²) >= 11 is 0. The van der Waals surface area contributed by atoms with E-state index in [0.717, 1.165) is 0 Å². The van der Waals surface area contributed by atoms with Crippen LogP contribution in [0.3, 0.4) is 0 Å². The van der Waals surface area contributed by atoms with Gasteiger partial charge in [-0.2, -0.15) is 0 Å². The van der Waals surface area contributed by atoms with E-state index in [1.807, 2.05) is 6.92 Å². The highest BCUT2D eigenvalue weighted by atomic mass is 28.4. The summed E-state index contributed by atoms with van der Waals surface area (Å²) in [5.74, 6) is 0.